The summed E-state index contributed by atoms with van der Waals surface area (Å²) in [7, 11) is 1.48. The molecule has 0 fully saturated rings. The van der Waals surface area contributed by atoms with E-state index in [1.54, 1.807) is 18.2 Å². The van der Waals surface area contributed by atoms with E-state index in [4.69, 9.17) is 10.5 Å². The molecule has 0 saturated heterocycles. The number of nitrogens with two attached hydrogens (primary N) is 1. The van der Waals surface area contributed by atoms with Gasteiger partial charge in [0.1, 0.15) is 23.9 Å². The van der Waals surface area contributed by atoms with Gasteiger partial charge in [-0.15, -0.1) is 0 Å². The van der Waals surface area contributed by atoms with Crippen molar-refractivity contribution in [3.63, 3.8) is 0 Å². The van der Waals surface area contributed by atoms with Crippen molar-refractivity contribution in [1.29, 1.82) is 0 Å². The molecule has 3 N–H and O–H groups in total. The first kappa shape index (κ1) is 25.7. The lowest BCUT2D eigenvalue weighted by molar-refractivity contribution is -0.123. The van der Waals surface area contributed by atoms with Crippen molar-refractivity contribution >= 4 is 11.8 Å². The molecular weight excluding hydrogens is 478 g/mol. The smallest absolute Gasteiger partial charge is 0.252 e. The molecule has 1 heterocycles. The molecule has 1 aromatic heterocycles. The normalized spacial score (nSPS) is 12.6. The zero-order valence-corrected chi connectivity index (χ0v) is 20.4. The van der Waals surface area contributed by atoms with E-state index in [2.05, 4.69) is 10.4 Å². The van der Waals surface area contributed by atoms with Crippen molar-refractivity contribution in [2.45, 2.75) is 25.6 Å². The van der Waals surface area contributed by atoms with Crippen molar-refractivity contribution in [3.8, 4) is 22.5 Å². The van der Waals surface area contributed by atoms with Gasteiger partial charge in [-0.05, 0) is 55.0 Å². The Bertz CT molecular complexity index is 1420. The van der Waals surface area contributed by atoms with Crippen molar-refractivity contribution in [2.24, 2.45) is 5.73 Å². The van der Waals surface area contributed by atoms with Crippen LogP contribution in [0.15, 0.2) is 78.9 Å². The summed E-state index contributed by atoms with van der Waals surface area (Å²) in [5.74, 6) is -2.49. The second kappa shape index (κ2) is 10.7. The first-order valence-corrected chi connectivity index (χ1v) is 11.5. The zero-order valence-electron chi connectivity index (χ0n) is 20.4. The Morgan fingerprint density at radius 3 is 2.38 bits per heavy atom. The number of methoxy groups -OCH3 is 1. The van der Waals surface area contributed by atoms with Gasteiger partial charge in [0.25, 0.3) is 5.91 Å². The number of rotatable bonds is 9. The number of benzene rings is 3. The Labute approximate surface area is 212 Å². The molecule has 0 saturated carbocycles. The molecule has 9 heteroatoms. The average Bonchev–Trinajstić information content (AvgIpc) is 3.28. The molecular formula is C28H26F2N4O3. The van der Waals surface area contributed by atoms with Crippen LogP contribution in [0.25, 0.3) is 22.5 Å². The summed E-state index contributed by atoms with van der Waals surface area (Å²) in [5, 5.41) is 7.16. The molecule has 0 radical (unpaired) electrons. The molecule has 3 aromatic carbocycles. The monoisotopic (exact) mass is 504 g/mol. The molecule has 0 spiro atoms. The van der Waals surface area contributed by atoms with E-state index in [0.29, 0.717) is 11.3 Å². The molecule has 0 unspecified atom stereocenters. The predicted octanol–water partition coefficient (Wildman–Crippen LogP) is 4.32. The highest BCUT2D eigenvalue weighted by Crippen LogP contribution is 2.31. The molecule has 0 aliphatic carbocycles. The summed E-state index contributed by atoms with van der Waals surface area (Å²) in [6.07, 6.45) is 0.150. The van der Waals surface area contributed by atoms with Crippen LogP contribution in [0.1, 0.15) is 22.8 Å². The third-order valence-electron chi connectivity index (χ3n) is 6.02. The SMILES string of the molecule is COCn1nc(-c2c(F)cccc2C(=O)N[C@@](C)(Cc2ccccc2)C(N)=O)cc1-c1ccc(F)cc1. The van der Waals surface area contributed by atoms with Crippen LogP contribution in [-0.2, 0) is 22.7 Å². The molecule has 0 aliphatic heterocycles. The van der Waals surface area contributed by atoms with Gasteiger partial charge in [-0.25, -0.2) is 13.5 Å². The van der Waals surface area contributed by atoms with E-state index in [1.165, 1.54) is 49.0 Å². The van der Waals surface area contributed by atoms with Crippen LogP contribution in [0.4, 0.5) is 8.78 Å². The lowest BCUT2D eigenvalue weighted by Crippen LogP contribution is -2.56. The zero-order chi connectivity index (χ0) is 26.6. The predicted molar refractivity (Wildman–Crippen MR) is 135 cm³/mol. The van der Waals surface area contributed by atoms with Gasteiger partial charge in [0.05, 0.1) is 22.5 Å². The molecule has 2 amide bonds. The maximum atomic E-state index is 15.2. The van der Waals surface area contributed by atoms with Gasteiger partial charge in [-0.2, -0.15) is 5.10 Å². The molecule has 0 bridgehead atoms. The molecule has 1 atom stereocenters. The minimum Gasteiger partial charge on any atom is -0.368 e. The van der Waals surface area contributed by atoms with Gasteiger partial charge < -0.3 is 15.8 Å². The Morgan fingerprint density at radius 1 is 1.03 bits per heavy atom. The van der Waals surface area contributed by atoms with E-state index < -0.39 is 29.0 Å². The minimum absolute atomic E-state index is 0.0201. The highest BCUT2D eigenvalue weighted by molar-refractivity contribution is 6.03. The number of hydrogen-bond acceptors (Lipinski definition) is 4. The Morgan fingerprint density at radius 2 is 1.73 bits per heavy atom. The number of amides is 2. The van der Waals surface area contributed by atoms with Crippen LogP contribution in [0.3, 0.4) is 0 Å². The van der Waals surface area contributed by atoms with Crippen LogP contribution in [0, 0.1) is 11.6 Å². The quantitative estimate of drug-likeness (QED) is 0.355. The van der Waals surface area contributed by atoms with E-state index in [0.717, 1.165) is 5.56 Å². The largest absolute Gasteiger partial charge is 0.368 e. The number of ether oxygens (including phenoxy) is 1. The van der Waals surface area contributed by atoms with Crippen LogP contribution in [0.2, 0.25) is 0 Å². The fourth-order valence-corrected chi connectivity index (χ4v) is 4.10. The number of carbonyl (C=O) groups excluding carboxylic acids is 2. The average molecular weight is 505 g/mol. The number of carbonyl (C=O) groups is 2. The topological polar surface area (TPSA) is 99.2 Å². The Hall–Kier alpha value is -4.37. The molecule has 7 nitrogen and oxygen atoms in total. The number of primary amides is 1. The summed E-state index contributed by atoms with van der Waals surface area (Å²) in [6, 6.07) is 20.5. The summed E-state index contributed by atoms with van der Waals surface area (Å²) >= 11 is 0. The molecule has 0 aliphatic rings. The van der Waals surface area contributed by atoms with Gasteiger partial charge in [-0.3, -0.25) is 9.59 Å². The number of aromatic nitrogens is 2. The highest BCUT2D eigenvalue weighted by Gasteiger charge is 2.34. The summed E-state index contributed by atoms with van der Waals surface area (Å²) in [6.45, 7) is 1.57. The van der Waals surface area contributed by atoms with Crippen LogP contribution in [-0.4, -0.2) is 34.2 Å². The first-order chi connectivity index (χ1) is 17.7. The number of nitrogens with one attached hydrogen (secondary N) is 1. The fourth-order valence-electron chi connectivity index (χ4n) is 4.10. The lowest BCUT2D eigenvalue weighted by Gasteiger charge is -2.28. The second-order valence-corrected chi connectivity index (χ2v) is 8.81. The maximum absolute atomic E-state index is 15.2. The van der Waals surface area contributed by atoms with Crippen molar-refractivity contribution in [2.75, 3.05) is 7.11 Å². The van der Waals surface area contributed by atoms with Gasteiger partial charge in [-0.1, -0.05) is 36.4 Å². The first-order valence-electron chi connectivity index (χ1n) is 11.5. The van der Waals surface area contributed by atoms with Gasteiger partial charge in [0.2, 0.25) is 5.91 Å². The third kappa shape index (κ3) is 5.57. The van der Waals surface area contributed by atoms with E-state index in [-0.39, 0.29) is 30.0 Å². The van der Waals surface area contributed by atoms with Gasteiger partial charge in [0, 0.05) is 19.1 Å². The van der Waals surface area contributed by atoms with Crippen LogP contribution >= 0.6 is 0 Å². The van der Waals surface area contributed by atoms with Crippen molar-refractivity contribution in [3.05, 3.63) is 102 Å². The van der Waals surface area contributed by atoms with Crippen molar-refractivity contribution < 1.29 is 23.1 Å². The summed E-state index contributed by atoms with van der Waals surface area (Å²) in [5.41, 5.74) is 6.30. The van der Waals surface area contributed by atoms with E-state index in [9.17, 15) is 14.0 Å². The van der Waals surface area contributed by atoms with Crippen molar-refractivity contribution in [1.82, 2.24) is 15.1 Å². The molecule has 190 valence electrons. The number of hydrogen-bond donors (Lipinski definition) is 2. The Kier molecular flexibility index (Phi) is 7.45. The second-order valence-electron chi connectivity index (χ2n) is 8.81. The van der Waals surface area contributed by atoms with Gasteiger partial charge in [0.15, 0.2) is 0 Å². The third-order valence-corrected chi connectivity index (χ3v) is 6.02. The highest BCUT2D eigenvalue weighted by atomic mass is 19.1. The fraction of sp³-hybridized carbons (Fsp3) is 0.179. The maximum Gasteiger partial charge on any atom is 0.252 e. The minimum atomic E-state index is -1.43. The van der Waals surface area contributed by atoms with Crippen LogP contribution < -0.4 is 11.1 Å². The summed E-state index contributed by atoms with van der Waals surface area (Å²) in [4.78, 5) is 25.8. The molecule has 4 aromatic rings. The molecule has 37 heavy (non-hydrogen) atoms. The molecule has 4 rings (SSSR count). The van der Waals surface area contributed by atoms with Gasteiger partial charge >= 0.3 is 0 Å². The summed E-state index contributed by atoms with van der Waals surface area (Å²) < 4.78 is 35.4. The Balaban J connectivity index is 1.74. The number of halogens is 2. The van der Waals surface area contributed by atoms with E-state index in [1.807, 2.05) is 30.3 Å². The lowest BCUT2D eigenvalue weighted by atomic mass is 9.91. The van der Waals surface area contributed by atoms with E-state index >= 15 is 4.39 Å². The number of nitrogens with zero attached hydrogens (tertiary/aromatic N) is 2. The standard InChI is InChI=1S/C28H26F2N4O3/c1-28(27(31)36,16-18-7-4-3-5-8-18)32-26(35)21-9-6-10-22(30)25(21)23-15-24(34(33-23)17-37-2)19-11-13-20(29)14-12-19/h3-15H,16-17H2,1-2H3,(H2,31,36)(H,32,35)/t28-/m0/s1. The van der Waals surface area contributed by atoms with Crippen LogP contribution in [0.5, 0.6) is 0 Å².